The van der Waals surface area contributed by atoms with Gasteiger partial charge in [0, 0.05) is 18.7 Å². The van der Waals surface area contributed by atoms with Gasteiger partial charge in [-0.1, -0.05) is 55.5 Å². The zero-order valence-corrected chi connectivity index (χ0v) is 14.4. The maximum absolute atomic E-state index is 12.8. The lowest BCUT2D eigenvalue weighted by Gasteiger charge is -2.40. The van der Waals surface area contributed by atoms with E-state index in [-0.39, 0.29) is 11.3 Å². The quantitative estimate of drug-likeness (QED) is 0.712. The van der Waals surface area contributed by atoms with E-state index >= 15 is 0 Å². The van der Waals surface area contributed by atoms with Gasteiger partial charge in [0.1, 0.15) is 0 Å². The molecule has 0 saturated carbocycles. The van der Waals surface area contributed by atoms with Gasteiger partial charge >= 0.3 is 0 Å². The van der Waals surface area contributed by atoms with Crippen LogP contribution in [0.4, 0.5) is 0 Å². The number of piperidine rings is 1. The van der Waals surface area contributed by atoms with Crippen molar-refractivity contribution in [3.63, 3.8) is 0 Å². The highest BCUT2D eigenvalue weighted by Gasteiger charge is 2.32. The van der Waals surface area contributed by atoms with Crippen LogP contribution in [0.1, 0.15) is 36.5 Å². The third-order valence-electron chi connectivity index (χ3n) is 4.94. The first kappa shape index (κ1) is 16.5. The lowest BCUT2D eigenvalue weighted by Crippen LogP contribution is -2.44. The molecule has 1 atom stereocenters. The van der Waals surface area contributed by atoms with E-state index in [0.29, 0.717) is 0 Å². The normalized spacial score (nSPS) is 20.6. The molecular weight excluding hydrogens is 294 g/mol. The monoisotopic (exact) mass is 319 g/mol. The topological polar surface area (TPSA) is 20.3 Å². The molecule has 0 spiro atoms. The summed E-state index contributed by atoms with van der Waals surface area (Å²) in [4.78, 5) is 14.8. The van der Waals surface area contributed by atoms with Crippen LogP contribution in [0, 0.1) is 5.41 Å². The number of carbonyl (C=O) groups is 1. The Bertz CT molecular complexity index is 705. The second kappa shape index (κ2) is 7.04. The number of hydrogen-bond donors (Lipinski definition) is 0. The maximum atomic E-state index is 12.8. The van der Waals surface area contributed by atoms with Crippen molar-refractivity contribution >= 4 is 5.91 Å². The number of hydrogen-bond acceptors (Lipinski definition) is 1. The summed E-state index contributed by atoms with van der Waals surface area (Å²) in [6.07, 6.45) is 5.17. The SMILES string of the molecule is C=CCC1(C)CCCN(C(=O)c2ccc(-c3ccccc3)cc2)C1. The Morgan fingerprint density at radius 1 is 1.12 bits per heavy atom. The molecule has 2 aromatic rings. The minimum absolute atomic E-state index is 0.143. The summed E-state index contributed by atoms with van der Waals surface area (Å²) in [6, 6.07) is 18.2. The molecule has 1 fully saturated rings. The van der Waals surface area contributed by atoms with E-state index < -0.39 is 0 Å². The summed E-state index contributed by atoms with van der Waals surface area (Å²) in [5.74, 6) is 0.143. The molecule has 1 heterocycles. The maximum Gasteiger partial charge on any atom is 0.253 e. The average molecular weight is 319 g/mol. The van der Waals surface area contributed by atoms with Crippen LogP contribution in [-0.4, -0.2) is 23.9 Å². The Morgan fingerprint density at radius 2 is 1.79 bits per heavy atom. The van der Waals surface area contributed by atoms with Gasteiger partial charge in [-0.2, -0.15) is 0 Å². The molecular formula is C22H25NO. The molecule has 1 unspecified atom stereocenters. The fraction of sp³-hybridized carbons (Fsp3) is 0.318. The number of rotatable bonds is 4. The van der Waals surface area contributed by atoms with Gasteiger partial charge in [0.25, 0.3) is 5.91 Å². The zero-order chi connectivity index (χ0) is 17.0. The third kappa shape index (κ3) is 3.59. The van der Waals surface area contributed by atoms with Gasteiger partial charge in [0.05, 0.1) is 0 Å². The van der Waals surface area contributed by atoms with E-state index in [0.717, 1.165) is 43.5 Å². The number of benzene rings is 2. The van der Waals surface area contributed by atoms with E-state index in [1.807, 2.05) is 53.4 Å². The smallest absolute Gasteiger partial charge is 0.253 e. The van der Waals surface area contributed by atoms with E-state index in [1.165, 1.54) is 5.56 Å². The molecule has 124 valence electrons. The standard InChI is InChI=1S/C22H25NO/c1-3-14-22(2)15-7-16-23(17-22)21(24)20-12-10-19(11-13-20)18-8-5-4-6-9-18/h3-6,8-13H,1,7,14-17H2,2H3. The van der Waals surface area contributed by atoms with Crippen molar-refractivity contribution in [3.8, 4) is 11.1 Å². The van der Waals surface area contributed by atoms with Crippen LogP contribution in [0.5, 0.6) is 0 Å². The van der Waals surface area contributed by atoms with E-state index in [9.17, 15) is 4.79 Å². The minimum atomic E-state index is 0.143. The lowest BCUT2D eigenvalue weighted by atomic mass is 9.79. The second-order valence-electron chi connectivity index (χ2n) is 7.08. The van der Waals surface area contributed by atoms with Crippen LogP contribution in [-0.2, 0) is 0 Å². The minimum Gasteiger partial charge on any atom is -0.338 e. The molecule has 1 aliphatic heterocycles. The predicted molar refractivity (Wildman–Crippen MR) is 99.9 cm³/mol. The Labute approximate surface area is 144 Å². The number of allylic oxidation sites excluding steroid dienone is 1. The molecule has 1 saturated heterocycles. The summed E-state index contributed by atoms with van der Waals surface area (Å²) in [5.41, 5.74) is 3.26. The zero-order valence-electron chi connectivity index (χ0n) is 14.4. The van der Waals surface area contributed by atoms with Crippen molar-refractivity contribution in [1.82, 2.24) is 4.90 Å². The third-order valence-corrected chi connectivity index (χ3v) is 4.94. The van der Waals surface area contributed by atoms with Gasteiger partial charge in [-0.15, -0.1) is 6.58 Å². The highest BCUT2D eigenvalue weighted by Crippen LogP contribution is 2.33. The van der Waals surface area contributed by atoms with Crippen molar-refractivity contribution in [2.24, 2.45) is 5.41 Å². The van der Waals surface area contributed by atoms with Crippen molar-refractivity contribution in [2.45, 2.75) is 26.2 Å². The number of amides is 1. The molecule has 24 heavy (non-hydrogen) atoms. The van der Waals surface area contributed by atoms with Crippen LogP contribution in [0.25, 0.3) is 11.1 Å². The number of carbonyl (C=O) groups excluding carboxylic acids is 1. The Hall–Kier alpha value is -2.35. The highest BCUT2D eigenvalue weighted by molar-refractivity contribution is 5.94. The van der Waals surface area contributed by atoms with Gasteiger partial charge in [-0.3, -0.25) is 4.79 Å². The molecule has 3 rings (SSSR count). The summed E-state index contributed by atoms with van der Waals surface area (Å²) < 4.78 is 0. The van der Waals surface area contributed by atoms with Gasteiger partial charge < -0.3 is 4.90 Å². The molecule has 0 aliphatic carbocycles. The van der Waals surface area contributed by atoms with Gasteiger partial charge in [0.2, 0.25) is 0 Å². The van der Waals surface area contributed by atoms with Crippen LogP contribution in [0.2, 0.25) is 0 Å². The Balaban J connectivity index is 1.74. The largest absolute Gasteiger partial charge is 0.338 e. The summed E-state index contributed by atoms with van der Waals surface area (Å²) in [7, 11) is 0. The van der Waals surface area contributed by atoms with Crippen molar-refractivity contribution in [1.29, 1.82) is 0 Å². The van der Waals surface area contributed by atoms with Crippen LogP contribution >= 0.6 is 0 Å². The summed E-state index contributed by atoms with van der Waals surface area (Å²) in [5, 5.41) is 0. The number of likely N-dealkylation sites (tertiary alicyclic amines) is 1. The number of nitrogens with zero attached hydrogens (tertiary/aromatic N) is 1. The first-order valence-electron chi connectivity index (χ1n) is 8.67. The van der Waals surface area contributed by atoms with Crippen LogP contribution < -0.4 is 0 Å². The molecule has 1 amide bonds. The highest BCUT2D eigenvalue weighted by atomic mass is 16.2. The van der Waals surface area contributed by atoms with Gasteiger partial charge in [0.15, 0.2) is 0 Å². The van der Waals surface area contributed by atoms with E-state index in [1.54, 1.807) is 0 Å². The molecule has 0 radical (unpaired) electrons. The first-order valence-corrected chi connectivity index (χ1v) is 8.67. The van der Waals surface area contributed by atoms with Crippen LogP contribution in [0.15, 0.2) is 67.3 Å². The van der Waals surface area contributed by atoms with E-state index in [4.69, 9.17) is 0 Å². The molecule has 2 nitrogen and oxygen atoms in total. The summed E-state index contributed by atoms with van der Waals surface area (Å²) >= 11 is 0. The van der Waals surface area contributed by atoms with Gasteiger partial charge in [-0.25, -0.2) is 0 Å². The summed E-state index contributed by atoms with van der Waals surface area (Å²) in [6.45, 7) is 7.79. The Kier molecular flexibility index (Phi) is 4.84. The Morgan fingerprint density at radius 3 is 2.46 bits per heavy atom. The fourth-order valence-electron chi connectivity index (χ4n) is 3.62. The first-order chi connectivity index (χ1) is 11.6. The van der Waals surface area contributed by atoms with Crippen LogP contribution in [0.3, 0.4) is 0 Å². The van der Waals surface area contributed by atoms with E-state index in [2.05, 4.69) is 25.6 Å². The molecule has 2 heteroatoms. The molecule has 0 bridgehead atoms. The fourth-order valence-corrected chi connectivity index (χ4v) is 3.62. The molecule has 1 aliphatic rings. The second-order valence-corrected chi connectivity index (χ2v) is 7.08. The molecule has 2 aromatic carbocycles. The lowest BCUT2D eigenvalue weighted by molar-refractivity contribution is 0.0556. The van der Waals surface area contributed by atoms with Crippen molar-refractivity contribution in [2.75, 3.05) is 13.1 Å². The molecule has 0 aromatic heterocycles. The van der Waals surface area contributed by atoms with Crippen molar-refractivity contribution in [3.05, 3.63) is 72.8 Å². The molecule has 0 N–H and O–H groups in total. The average Bonchev–Trinajstić information content (AvgIpc) is 2.62. The van der Waals surface area contributed by atoms with Gasteiger partial charge in [-0.05, 0) is 47.9 Å². The van der Waals surface area contributed by atoms with Crippen molar-refractivity contribution < 1.29 is 4.79 Å². The predicted octanol–water partition coefficient (Wildman–Crippen LogP) is 5.17.